The van der Waals surface area contributed by atoms with E-state index in [2.05, 4.69) is 6.08 Å². The van der Waals surface area contributed by atoms with E-state index in [1.165, 1.54) is 6.92 Å². The van der Waals surface area contributed by atoms with E-state index in [9.17, 15) is 29.4 Å². The molecule has 49 heavy (non-hydrogen) atoms. The Morgan fingerprint density at radius 2 is 1.63 bits per heavy atom. The van der Waals surface area contributed by atoms with E-state index in [4.69, 9.17) is 28.4 Å². The Hall–Kier alpha value is -3.13. The number of rotatable bonds is 6. The third kappa shape index (κ3) is 4.34. The first-order chi connectivity index (χ1) is 23.0. The maximum Gasteiger partial charge on any atom is 0.310 e. The van der Waals surface area contributed by atoms with E-state index in [1.807, 2.05) is 19.1 Å². The van der Waals surface area contributed by atoms with E-state index in [0.29, 0.717) is 6.42 Å². The Morgan fingerprint density at radius 3 is 2.22 bits per heavy atom. The molecule has 2 heterocycles. The molecule has 5 aliphatic carbocycles. The summed E-state index contributed by atoms with van der Waals surface area (Å²) in [6.45, 7) is 10.1. The second-order valence-corrected chi connectivity index (χ2v) is 15.8. The molecular formula is C36H46O13. The zero-order valence-electron chi connectivity index (χ0n) is 28.9. The fraction of sp³-hybridized carbons (Fsp3) is 0.750. The normalized spacial score (nSPS) is 48.7. The third-order valence-corrected chi connectivity index (χ3v) is 13.1. The number of hydrogen-bond donors (Lipinski definition) is 2. The van der Waals surface area contributed by atoms with Crippen LogP contribution in [-0.4, -0.2) is 95.0 Å². The molecule has 15 atom stereocenters. The molecule has 6 fully saturated rings. The van der Waals surface area contributed by atoms with Gasteiger partial charge in [0.15, 0.2) is 24.1 Å². The summed E-state index contributed by atoms with van der Waals surface area (Å²) >= 11 is 0. The van der Waals surface area contributed by atoms with Gasteiger partial charge in [0.05, 0.1) is 35.6 Å². The predicted molar refractivity (Wildman–Crippen MR) is 166 cm³/mol. The van der Waals surface area contributed by atoms with Gasteiger partial charge < -0.3 is 38.6 Å². The Kier molecular flexibility index (Phi) is 7.83. The van der Waals surface area contributed by atoms with Gasteiger partial charge in [-0.3, -0.25) is 24.0 Å². The lowest BCUT2D eigenvalue weighted by molar-refractivity contribution is -0.382. The van der Waals surface area contributed by atoms with Crippen molar-refractivity contribution in [1.29, 1.82) is 0 Å². The third-order valence-electron chi connectivity index (χ3n) is 13.1. The molecule has 0 amide bonds. The Labute approximate surface area is 284 Å². The number of fused-ring (bicyclic) bond motifs is 1. The van der Waals surface area contributed by atoms with Gasteiger partial charge in [0.25, 0.3) is 0 Å². The highest BCUT2D eigenvalue weighted by molar-refractivity contribution is 5.92. The second-order valence-electron chi connectivity index (χ2n) is 15.8. The highest BCUT2D eigenvalue weighted by atomic mass is 16.7. The molecule has 15 unspecified atom stereocenters. The zero-order chi connectivity index (χ0) is 35.6. The Balaban J connectivity index is 1.43. The molecule has 0 radical (unpaired) electrons. The molecular weight excluding hydrogens is 640 g/mol. The fourth-order valence-electron chi connectivity index (χ4n) is 11.4. The van der Waals surface area contributed by atoms with Crippen molar-refractivity contribution in [3.05, 3.63) is 23.8 Å². The number of ketones is 1. The summed E-state index contributed by atoms with van der Waals surface area (Å²) in [5.74, 6) is -7.04. The van der Waals surface area contributed by atoms with Crippen molar-refractivity contribution in [2.24, 2.45) is 45.8 Å². The quantitative estimate of drug-likeness (QED) is 0.235. The topological polar surface area (TPSA) is 184 Å². The lowest BCUT2D eigenvalue weighted by Gasteiger charge is -2.71. The van der Waals surface area contributed by atoms with Gasteiger partial charge in [-0.1, -0.05) is 39.0 Å². The molecule has 2 N–H and O–H groups in total. The number of Topliss-reactive ketones (excluding diaryl/α,β-unsaturated/α-hetero) is 1. The van der Waals surface area contributed by atoms with Crippen molar-refractivity contribution in [2.75, 3.05) is 6.61 Å². The van der Waals surface area contributed by atoms with Crippen molar-refractivity contribution in [2.45, 2.75) is 116 Å². The lowest BCUT2D eigenvalue weighted by Crippen LogP contribution is -2.82. The Morgan fingerprint density at radius 1 is 0.959 bits per heavy atom. The smallest absolute Gasteiger partial charge is 0.310 e. The predicted octanol–water partition coefficient (Wildman–Crippen LogP) is 1.95. The number of carbonyl (C=O) groups is 5. The maximum absolute atomic E-state index is 15.3. The van der Waals surface area contributed by atoms with Crippen molar-refractivity contribution in [3.63, 3.8) is 0 Å². The van der Waals surface area contributed by atoms with Crippen LogP contribution in [0.2, 0.25) is 0 Å². The average Bonchev–Trinajstić information content (AvgIpc) is 3.34. The van der Waals surface area contributed by atoms with Gasteiger partial charge in [-0.05, 0) is 43.6 Å². The summed E-state index contributed by atoms with van der Waals surface area (Å²) in [5, 5.41) is 24.9. The van der Waals surface area contributed by atoms with E-state index in [0.717, 1.165) is 25.8 Å². The summed E-state index contributed by atoms with van der Waals surface area (Å²) in [7, 11) is 0. The molecule has 2 aliphatic heterocycles. The highest BCUT2D eigenvalue weighted by Gasteiger charge is 2.89. The average molecular weight is 687 g/mol. The number of esters is 4. The number of aliphatic hydroxyl groups is 2. The van der Waals surface area contributed by atoms with Gasteiger partial charge in [-0.2, -0.15) is 0 Å². The molecule has 7 aliphatic rings. The first kappa shape index (κ1) is 34.3. The molecule has 7 rings (SSSR count). The van der Waals surface area contributed by atoms with Crippen molar-refractivity contribution in [1.82, 2.24) is 0 Å². The van der Waals surface area contributed by atoms with Crippen LogP contribution in [-0.2, 0) is 52.4 Å². The summed E-state index contributed by atoms with van der Waals surface area (Å²) in [4.78, 5) is 66.4. The standard InChI is InChI=1S/C36H46O13/c1-15(2)31(43)48-32-33(6)22-13-21(40)24-25(35(22,14-44-32)28(42)27(45-16(3)37)30(33)47-18(5)39)26(41)29(46-17(4)38)34(7)20(19-10-8-9-11-19)12-23-36(24,34)49-23/h8,10-11,15,20-25,27-30,32,40,42H,9,12-14H2,1-7H3. The lowest BCUT2D eigenvalue weighted by atomic mass is 9.36. The fourth-order valence-corrected chi connectivity index (χ4v) is 11.4. The summed E-state index contributed by atoms with van der Waals surface area (Å²) in [5.41, 5.74) is -4.26. The van der Waals surface area contributed by atoms with Crippen LogP contribution in [0, 0.1) is 45.8 Å². The zero-order valence-corrected chi connectivity index (χ0v) is 28.9. The molecule has 0 aromatic heterocycles. The van der Waals surface area contributed by atoms with Crippen molar-refractivity contribution >= 4 is 29.7 Å². The SMILES string of the molecule is CC(=O)OC1C(OC(C)=O)C2(C)C(OC(=O)C(C)C)OCC3(C1O)C1C(=O)C(OC(C)=O)C4(C)C(C5=CCC=C5)CC5OC54C1C(O)CC23. The van der Waals surface area contributed by atoms with Crippen molar-refractivity contribution < 1.29 is 62.6 Å². The van der Waals surface area contributed by atoms with Gasteiger partial charge in [0, 0.05) is 38.0 Å². The largest absolute Gasteiger partial charge is 0.458 e. The van der Waals surface area contributed by atoms with Gasteiger partial charge in [-0.15, -0.1) is 0 Å². The minimum atomic E-state index is -1.65. The molecule has 2 bridgehead atoms. The number of epoxide rings is 1. The van der Waals surface area contributed by atoms with Crippen LogP contribution in [0.3, 0.4) is 0 Å². The van der Waals surface area contributed by atoms with E-state index in [1.54, 1.807) is 20.8 Å². The van der Waals surface area contributed by atoms with E-state index >= 15 is 4.79 Å². The van der Waals surface area contributed by atoms with E-state index < -0.39 is 112 Å². The first-order valence-corrected chi connectivity index (χ1v) is 17.3. The molecule has 268 valence electrons. The number of carbonyl (C=O) groups excluding carboxylic acids is 5. The monoisotopic (exact) mass is 686 g/mol. The van der Waals surface area contributed by atoms with Crippen molar-refractivity contribution in [3.8, 4) is 0 Å². The minimum absolute atomic E-state index is 0.00887. The van der Waals surface area contributed by atoms with Crippen LogP contribution in [0.4, 0.5) is 0 Å². The van der Waals surface area contributed by atoms with Gasteiger partial charge >= 0.3 is 23.9 Å². The van der Waals surface area contributed by atoms with Crippen LogP contribution < -0.4 is 0 Å². The van der Waals surface area contributed by atoms with Crippen LogP contribution in [0.5, 0.6) is 0 Å². The number of ether oxygens (including phenoxy) is 6. The van der Waals surface area contributed by atoms with Crippen LogP contribution >= 0.6 is 0 Å². The van der Waals surface area contributed by atoms with Crippen LogP contribution in [0.1, 0.15) is 67.7 Å². The summed E-state index contributed by atoms with van der Waals surface area (Å²) in [6.07, 6.45) is -1.38. The molecule has 13 heteroatoms. The Bertz CT molecular complexity index is 1550. The molecule has 2 saturated heterocycles. The first-order valence-electron chi connectivity index (χ1n) is 17.3. The molecule has 0 aromatic rings. The van der Waals surface area contributed by atoms with Crippen LogP contribution in [0.15, 0.2) is 23.8 Å². The summed E-state index contributed by atoms with van der Waals surface area (Å²) < 4.78 is 36.4. The number of aliphatic hydroxyl groups excluding tert-OH is 2. The van der Waals surface area contributed by atoms with Crippen LogP contribution in [0.25, 0.3) is 0 Å². The number of allylic oxidation sites excluding steroid dienone is 4. The molecule has 0 aromatic carbocycles. The van der Waals surface area contributed by atoms with Gasteiger partial charge in [-0.25, -0.2) is 0 Å². The molecule has 4 saturated carbocycles. The maximum atomic E-state index is 15.3. The highest BCUT2D eigenvalue weighted by Crippen LogP contribution is 2.78. The molecule has 13 nitrogen and oxygen atoms in total. The second kappa shape index (κ2) is 11.2. The van der Waals surface area contributed by atoms with Gasteiger partial charge in [0.1, 0.15) is 11.7 Å². The summed E-state index contributed by atoms with van der Waals surface area (Å²) in [6, 6.07) is 0. The molecule has 1 spiro atoms. The van der Waals surface area contributed by atoms with Gasteiger partial charge in [0.2, 0.25) is 6.29 Å². The minimum Gasteiger partial charge on any atom is -0.458 e. The number of hydrogen-bond acceptors (Lipinski definition) is 13. The van der Waals surface area contributed by atoms with E-state index in [-0.39, 0.29) is 25.0 Å².